The number of rotatable bonds is 2. The van der Waals surface area contributed by atoms with E-state index in [1.54, 1.807) is 0 Å². The summed E-state index contributed by atoms with van der Waals surface area (Å²) in [7, 11) is 1.94. The topological polar surface area (TPSA) is 47.4 Å². The van der Waals surface area contributed by atoms with Crippen LogP contribution in [-0.4, -0.2) is 46.9 Å². The van der Waals surface area contributed by atoms with Gasteiger partial charge in [0.05, 0.1) is 5.69 Å². The van der Waals surface area contributed by atoms with Gasteiger partial charge in [0.25, 0.3) is 0 Å². The van der Waals surface area contributed by atoms with E-state index in [1.807, 2.05) is 17.9 Å². The molecule has 3 heterocycles. The molecule has 3 rings (SSSR count). The maximum absolute atomic E-state index is 12.6. The van der Waals surface area contributed by atoms with Crippen molar-refractivity contribution in [2.45, 2.75) is 31.6 Å². The summed E-state index contributed by atoms with van der Waals surface area (Å²) in [5.41, 5.74) is 1.12. The molecule has 2 aliphatic rings. The van der Waals surface area contributed by atoms with Crippen LogP contribution in [0.1, 0.15) is 37.3 Å². The second-order valence-corrected chi connectivity index (χ2v) is 5.92. The highest BCUT2D eigenvalue weighted by Gasteiger charge is 2.31. The summed E-state index contributed by atoms with van der Waals surface area (Å²) in [5.74, 6) is 0.897. The highest BCUT2D eigenvalue weighted by Crippen LogP contribution is 2.28. The predicted molar refractivity (Wildman–Crippen MR) is 75.3 cm³/mol. The molecule has 0 saturated carbocycles. The van der Waals surface area contributed by atoms with Crippen molar-refractivity contribution in [3.05, 3.63) is 18.0 Å². The third-order valence-electron chi connectivity index (χ3n) is 4.46. The number of aromatic nitrogens is 2. The van der Waals surface area contributed by atoms with Crippen molar-refractivity contribution in [1.29, 1.82) is 0 Å². The van der Waals surface area contributed by atoms with Crippen molar-refractivity contribution in [3.8, 4) is 0 Å². The molecule has 2 saturated heterocycles. The van der Waals surface area contributed by atoms with Crippen molar-refractivity contribution in [1.82, 2.24) is 14.7 Å². The fourth-order valence-electron chi connectivity index (χ4n) is 3.27. The minimum absolute atomic E-state index is 0.172. The Morgan fingerprint density at radius 3 is 2.85 bits per heavy atom. The number of nitrogens with zero attached hydrogens (tertiary/aromatic N) is 3. The molecule has 1 unspecified atom stereocenters. The zero-order valence-electron chi connectivity index (χ0n) is 12.1. The van der Waals surface area contributed by atoms with Gasteiger partial charge in [-0.05, 0) is 31.7 Å². The van der Waals surface area contributed by atoms with E-state index in [2.05, 4.69) is 16.1 Å². The van der Waals surface area contributed by atoms with Gasteiger partial charge in [0, 0.05) is 51.4 Å². The Morgan fingerprint density at radius 1 is 1.35 bits per heavy atom. The Morgan fingerprint density at radius 2 is 2.15 bits per heavy atom. The Hall–Kier alpha value is -1.36. The molecule has 1 aromatic heterocycles. The van der Waals surface area contributed by atoms with Crippen LogP contribution in [0.4, 0.5) is 0 Å². The molecule has 110 valence electrons. The SMILES string of the molecule is Cn1ccc(C2CCCN(C(=O)C3CCOCC3)C2)n1. The van der Waals surface area contributed by atoms with Crippen LogP contribution in [0.25, 0.3) is 0 Å². The first kappa shape index (κ1) is 13.6. The van der Waals surface area contributed by atoms with Crippen molar-refractivity contribution >= 4 is 5.91 Å². The van der Waals surface area contributed by atoms with E-state index in [9.17, 15) is 4.79 Å². The Labute approximate surface area is 119 Å². The average molecular weight is 277 g/mol. The van der Waals surface area contributed by atoms with Gasteiger partial charge in [0.2, 0.25) is 5.91 Å². The van der Waals surface area contributed by atoms with Gasteiger partial charge in [0.15, 0.2) is 0 Å². The molecule has 5 nitrogen and oxygen atoms in total. The van der Waals surface area contributed by atoms with Gasteiger partial charge in [0.1, 0.15) is 0 Å². The van der Waals surface area contributed by atoms with E-state index < -0.39 is 0 Å². The largest absolute Gasteiger partial charge is 0.381 e. The first-order chi connectivity index (χ1) is 9.74. The molecule has 5 heteroatoms. The van der Waals surface area contributed by atoms with Crippen molar-refractivity contribution in [2.75, 3.05) is 26.3 Å². The van der Waals surface area contributed by atoms with Gasteiger partial charge >= 0.3 is 0 Å². The molecular formula is C15H23N3O2. The second kappa shape index (κ2) is 5.95. The highest BCUT2D eigenvalue weighted by molar-refractivity contribution is 5.79. The summed E-state index contributed by atoms with van der Waals surface area (Å²) in [4.78, 5) is 14.6. The lowest BCUT2D eigenvalue weighted by atomic mass is 9.92. The first-order valence-corrected chi connectivity index (χ1v) is 7.60. The summed E-state index contributed by atoms with van der Waals surface area (Å²) in [5, 5.41) is 4.50. The van der Waals surface area contributed by atoms with Gasteiger partial charge in [-0.3, -0.25) is 9.48 Å². The minimum Gasteiger partial charge on any atom is -0.381 e. The molecule has 0 spiro atoms. The van der Waals surface area contributed by atoms with E-state index >= 15 is 0 Å². The lowest BCUT2D eigenvalue weighted by Crippen LogP contribution is -2.43. The zero-order valence-corrected chi connectivity index (χ0v) is 12.1. The van der Waals surface area contributed by atoms with Crippen molar-refractivity contribution in [2.24, 2.45) is 13.0 Å². The van der Waals surface area contributed by atoms with Crippen LogP contribution in [0, 0.1) is 5.92 Å². The summed E-state index contributed by atoms with van der Waals surface area (Å²) in [6.07, 6.45) is 5.95. The van der Waals surface area contributed by atoms with E-state index in [-0.39, 0.29) is 5.92 Å². The lowest BCUT2D eigenvalue weighted by Gasteiger charge is -2.35. The van der Waals surface area contributed by atoms with Crippen LogP contribution in [0.2, 0.25) is 0 Å². The summed E-state index contributed by atoms with van der Waals surface area (Å²) in [6, 6.07) is 2.08. The Balaban J connectivity index is 1.63. The van der Waals surface area contributed by atoms with E-state index in [0.29, 0.717) is 11.8 Å². The summed E-state index contributed by atoms with van der Waals surface area (Å²) in [6.45, 7) is 3.19. The van der Waals surface area contributed by atoms with Gasteiger partial charge < -0.3 is 9.64 Å². The standard InChI is InChI=1S/C15H23N3O2/c1-17-8-4-14(16-17)13-3-2-7-18(11-13)15(19)12-5-9-20-10-6-12/h4,8,12-13H,2-3,5-7,9-11H2,1H3. The maximum Gasteiger partial charge on any atom is 0.225 e. The molecule has 0 aliphatic carbocycles. The van der Waals surface area contributed by atoms with Crippen LogP contribution >= 0.6 is 0 Å². The fraction of sp³-hybridized carbons (Fsp3) is 0.733. The molecule has 20 heavy (non-hydrogen) atoms. The first-order valence-electron chi connectivity index (χ1n) is 7.60. The number of hydrogen-bond donors (Lipinski definition) is 0. The number of ether oxygens (including phenoxy) is 1. The Kier molecular flexibility index (Phi) is 4.05. The normalized spacial score (nSPS) is 24.9. The summed E-state index contributed by atoms with van der Waals surface area (Å²) >= 11 is 0. The monoisotopic (exact) mass is 277 g/mol. The van der Waals surface area contributed by atoms with Gasteiger partial charge in [-0.1, -0.05) is 0 Å². The van der Waals surface area contributed by atoms with Crippen LogP contribution in [0.15, 0.2) is 12.3 Å². The van der Waals surface area contributed by atoms with Crippen molar-refractivity contribution < 1.29 is 9.53 Å². The zero-order chi connectivity index (χ0) is 13.9. The van der Waals surface area contributed by atoms with Gasteiger partial charge in [-0.2, -0.15) is 5.10 Å². The minimum atomic E-state index is 0.172. The van der Waals surface area contributed by atoms with E-state index in [0.717, 1.165) is 57.7 Å². The van der Waals surface area contributed by atoms with Crippen LogP contribution < -0.4 is 0 Å². The lowest BCUT2D eigenvalue weighted by molar-refractivity contribution is -0.139. The van der Waals surface area contributed by atoms with E-state index in [4.69, 9.17) is 4.74 Å². The quantitative estimate of drug-likeness (QED) is 0.824. The van der Waals surface area contributed by atoms with Gasteiger partial charge in [-0.15, -0.1) is 0 Å². The van der Waals surface area contributed by atoms with Crippen LogP contribution in [-0.2, 0) is 16.6 Å². The molecule has 1 atom stereocenters. The van der Waals surface area contributed by atoms with Crippen LogP contribution in [0.5, 0.6) is 0 Å². The van der Waals surface area contributed by atoms with Crippen molar-refractivity contribution in [3.63, 3.8) is 0 Å². The molecular weight excluding hydrogens is 254 g/mol. The fourth-order valence-corrected chi connectivity index (χ4v) is 3.27. The molecule has 0 aromatic carbocycles. The number of aryl methyl sites for hydroxylation is 1. The molecule has 2 aliphatic heterocycles. The van der Waals surface area contributed by atoms with E-state index in [1.165, 1.54) is 0 Å². The number of likely N-dealkylation sites (tertiary alicyclic amines) is 1. The molecule has 0 radical (unpaired) electrons. The molecule has 1 aromatic rings. The molecule has 1 amide bonds. The highest BCUT2D eigenvalue weighted by atomic mass is 16.5. The number of carbonyl (C=O) groups is 1. The number of hydrogen-bond acceptors (Lipinski definition) is 3. The molecule has 0 bridgehead atoms. The van der Waals surface area contributed by atoms with Crippen LogP contribution in [0.3, 0.4) is 0 Å². The maximum atomic E-state index is 12.6. The predicted octanol–water partition coefficient (Wildman–Crippen LogP) is 1.55. The smallest absolute Gasteiger partial charge is 0.225 e. The molecule has 0 N–H and O–H groups in total. The third kappa shape index (κ3) is 2.87. The number of carbonyl (C=O) groups excluding carboxylic acids is 1. The number of piperidine rings is 1. The average Bonchev–Trinajstić information content (AvgIpc) is 2.94. The second-order valence-electron chi connectivity index (χ2n) is 5.92. The number of amides is 1. The third-order valence-corrected chi connectivity index (χ3v) is 4.46. The summed E-state index contributed by atoms with van der Waals surface area (Å²) < 4.78 is 7.19. The molecule has 2 fully saturated rings. The Bertz CT molecular complexity index is 465. The van der Waals surface area contributed by atoms with Gasteiger partial charge in [-0.25, -0.2) is 0 Å².